The van der Waals surface area contributed by atoms with Crippen LogP contribution in [0.5, 0.6) is 5.75 Å². The summed E-state index contributed by atoms with van der Waals surface area (Å²) in [6, 6.07) is 19.2. The van der Waals surface area contributed by atoms with E-state index < -0.39 is 5.97 Å². The Morgan fingerprint density at radius 2 is 1.88 bits per heavy atom. The highest BCUT2D eigenvalue weighted by atomic mass is 32.1. The Morgan fingerprint density at radius 1 is 1.12 bits per heavy atom. The monoisotopic (exact) mass is 460 g/mol. The maximum absolute atomic E-state index is 14.2. The van der Waals surface area contributed by atoms with Crippen LogP contribution in [0.4, 0.5) is 9.52 Å². The molecule has 1 aromatic heterocycles. The van der Waals surface area contributed by atoms with Gasteiger partial charge in [-0.2, -0.15) is 0 Å². The largest absolute Gasteiger partial charge is 0.497 e. The molecule has 0 amide bonds. The minimum absolute atomic E-state index is 0.221. The number of anilines is 1. The van der Waals surface area contributed by atoms with E-state index in [1.807, 2.05) is 29.2 Å². The normalized spacial score (nSPS) is 10.5. The predicted octanol–water partition coefficient (Wildman–Crippen LogP) is 5.24. The number of nitrogens with zero attached hydrogens (tertiary/aromatic N) is 2. The van der Waals surface area contributed by atoms with Crippen LogP contribution in [0.2, 0.25) is 0 Å². The Balaban J connectivity index is 1.55. The highest BCUT2D eigenvalue weighted by Gasteiger charge is 2.14. The van der Waals surface area contributed by atoms with Gasteiger partial charge in [0.25, 0.3) is 0 Å². The molecule has 0 aliphatic rings. The van der Waals surface area contributed by atoms with Crippen molar-refractivity contribution in [3.05, 3.63) is 89.2 Å². The van der Waals surface area contributed by atoms with Gasteiger partial charge in [-0.3, -0.25) is 0 Å². The molecule has 0 saturated heterocycles. The number of fused-ring (bicyclic) bond motifs is 1. The summed E-state index contributed by atoms with van der Waals surface area (Å²) >= 11 is 1.31. The minimum atomic E-state index is -0.970. The zero-order valence-electron chi connectivity index (χ0n) is 17.9. The van der Waals surface area contributed by atoms with Crippen LogP contribution in [0.1, 0.15) is 21.5 Å². The van der Waals surface area contributed by atoms with Gasteiger partial charge in [0.1, 0.15) is 11.6 Å². The van der Waals surface area contributed by atoms with Crippen LogP contribution in [-0.4, -0.2) is 36.3 Å². The van der Waals surface area contributed by atoms with Crippen LogP contribution in [0.3, 0.4) is 0 Å². The molecule has 1 heterocycles. The van der Waals surface area contributed by atoms with Crippen LogP contribution in [0.15, 0.2) is 66.7 Å². The maximum Gasteiger partial charge on any atom is 0.335 e. The molecular weight excluding hydrogens is 439 g/mol. The van der Waals surface area contributed by atoms with E-state index in [1.165, 1.54) is 29.5 Å². The summed E-state index contributed by atoms with van der Waals surface area (Å²) in [5.74, 6) is 5.77. The molecule has 4 aromatic rings. The van der Waals surface area contributed by atoms with Crippen LogP contribution in [-0.2, 0) is 6.42 Å². The van der Waals surface area contributed by atoms with Crippen LogP contribution >= 0.6 is 11.3 Å². The molecule has 0 saturated carbocycles. The lowest BCUT2D eigenvalue weighted by atomic mass is 10.1. The third kappa shape index (κ3) is 5.48. The molecule has 1 N–H and O–H groups in total. The zero-order chi connectivity index (χ0) is 23.2. The summed E-state index contributed by atoms with van der Waals surface area (Å²) in [7, 11) is 1.64. The lowest BCUT2D eigenvalue weighted by molar-refractivity contribution is 0.0697. The highest BCUT2D eigenvalue weighted by Crippen LogP contribution is 2.30. The van der Waals surface area contributed by atoms with Crippen LogP contribution < -0.4 is 9.64 Å². The lowest BCUT2D eigenvalue weighted by Crippen LogP contribution is -2.26. The zero-order valence-corrected chi connectivity index (χ0v) is 18.7. The summed E-state index contributed by atoms with van der Waals surface area (Å²) in [5, 5.41) is 9.74. The first-order chi connectivity index (χ1) is 16.0. The van der Waals surface area contributed by atoms with Gasteiger partial charge in [-0.25, -0.2) is 14.2 Å². The first kappa shape index (κ1) is 22.3. The van der Waals surface area contributed by atoms with E-state index in [9.17, 15) is 9.18 Å². The van der Waals surface area contributed by atoms with Crippen molar-refractivity contribution in [1.29, 1.82) is 0 Å². The van der Waals surface area contributed by atoms with Crippen LogP contribution in [0, 0.1) is 17.7 Å². The number of thiazole rings is 1. The van der Waals surface area contributed by atoms with Crippen molar-refractivity contribution < 1.29 is 19.0 Å². The van der Waals surface area contributed by atoms with Gasteiger partial charge in [0.2, 0.25) is 0 Å². The number of hydrogen-bond acceptors (Lipinski definition) is 5. The van der Waals surface area contributed by atoms with Gasteiger partial charge < -0.3 is 14.7 Å². The smallest absolute Gasteiger partial charge is 0.335 e. The van der Waals surface area contributed by atoms with E-state index >= 15 is 0 Å². The van der Waals surface area contributed by atoms with Gasteiger partial charge in [0.05, 0.1) is 29.4 Å². The average molecular weight is 461 g/mol. The molecule has 4 rings (SSSR count). The van der Waals surface area contributed by atoms with Gasteiger partial charge >= 0.3 is 5.97 Å². The summed E-state index contributed by atoms with van der Waals surface area (Å²) in [6.45, 7) is 1.05. The number of benzene rings is 3. The van der Waals surface area contributed by atoms with Gasteiger partial charge in [-0.15, -0.1) is 0 Å². The van der Waals surface area contributed by atoms with Gasteiger partial charge in [-0.05, 0) is 60.5 Å². The second-order valence-electron chi connectivity index (χ2n) is 7.29. The third-order valence-electron chi connectivity index (χ3n) is 5.09. The number of halogens is 1. The summed E-state index contributed by atoms with van der Waals surface area (Å²) in [5.41, 5.74) is 2.72. The number of aromatic nitrogens is 1. The van der Waals surface area contributed by atoms with E-state index in [2.05, 4.69) is 16.8 Å². The van der Waals surface area contributed by atoms with E-state index in [0.717, 1.165) is 23.3 Å². The number of methoxy groups -OCH3 is 1. The standard InChI is InChI=1S/C26H21FN2O3S/c1-32-21-13-9-19(10-14-21)15-17-29(26-28-23-6-2-5-22(27)24(23)33-26)16-3-4-18-7-11-20(12-8-18)25(30)31/h2,5-14H,15-17H2,1H3,(H,30,31). The molecule has 0 fully saturated rings. The van der Waals surface area contributed by atoms with E-state index in [1.54, 1.807) is 31.4 Å². The van der Waals surface area contributed by atoms with Crippen molar-refractivity contribution in [2.75, 3.05) is 25.1 Å². The Bertz CT molecular complexity index is 1320. The SMILES string of the molecule is COc1ccc(CCN(CC#Cc2ccc(C(=O)O)cc2)c2nc3cccc(F)c3s2)cc1. The molecule has 0 spiro atoms. The lowest BCUT2D eigenvalue weighted by Gasteiger charge is -2.19. The number of carbonyl (C=O) groups is 1. The third-order valence-corrected chi connectivity index (χ3v) is 6.23. The van der Waals surface area contributed by atoms with Crippen molar-refractivity contribution in [1.82, 2.24) is 4.98 Å². The topological polar surface area (TPSA) is 62.7 Å². The number of ether oxygens (including phenoxy) is 1. The Kier molecular flexibility index (Phi) is 6.86. The van der Waals surface area contributed by atoms with Crippen molar-refractivity contribution in [2.45, 2.75) is 6.42 Å². The van der Waals surface area contributed by atoms with Gasteiger partial charge in [0, 0.05) is 12.1 Å². The quantitative estimate of drug-likeness (QED) is 0.382. The molecule has 3 aromatic carbocycles. The van der Waals surface area contributed by atoms with Crippen molar-refractivity contribution >= 4 is 32.7 Å². The Hall–Kier alpha value is -3.89. The van der Waals surface area contributed by atoms with Crippen molar-refractivity contribution in [2.24, 2.45) is 0 Å². The fraction of sp³-hybridized carbons (Fsp3) is 0.154. The summed E-state index contributed by atoms with van der Waals surface area (Å²) in [6.07, 6.45) is 0.761. The number of rotatable bonds is 7. The number of aromatic carboxylic acids is 1. The number of carboxylic acids is 1. The van der Waals surface area contributed by atoms with E-state index in [0.29, 0.717) is 28.4 Å². The first-order valence-corrected chi connectivity index (χ1v) is 11.1. The predicted molar refractivity (Wildman–Crippen MR) is 129 cm³/mol. The van der Waals surface area contributed by atoms with Crippen molar-refractivity contribution in [3.63, 3.8) is 0 Å². The second kappa shape index (κ2) is 10.2. The van der Waals surface area contributed by atoms with Crippen LogP contribution in [0.25, 0.3) is 10.2 Å². The molecule has 0 atom stereocenters. The Labute approximate surface area is 195 Å². The number of carboxylic acid groups (broad SMARTS) is 1. The molecule has 0 radical (unpaired) electrons. The Morgan fingerprint density at radius 3 is 2.55 bits per heavy atom. The fourth-order valence-corrected chi connectivity index (χ4v) is 4.27. The van der Waals surface area contributed by atoms with Crippen molar-refractivity contribution in [3.8, 4) is 17.6 Å². The molecule has 0 aliphatic heterocycles. The molecule has 0 aliphatic carbocycles. The summed E-state index contributed by atoms with van der Waals surface area (Å²) < 4.78 is 20.0. The fourth-order valence-electron chi connectivity index (χ4n) is 3.27. The molecule has 5 nitrogen and oxygen atoms in total. The van der Waals surface area contributed by atoms with E-state index in [-0.39, 0.29) is 11.4 Å². The summed E-state index contributed by atoms with van der Waals surface area (Å²) in [4.78, 5) is 17.7. The van der Waals surface area contributed by atoms with E-state index in [4.69, 9.17) is 9.84 Å². The second-order valence-corrected chi connectivity index (χ2v) is 8.27. The molecule has 7 heteroatoms. The minimum Gasteiger partial charge on any atom is -0.497 e. The first-order valence-electron chi connectivity index (χ1n) is 10.3. The van der Waals surface area contributed by atoms with Gasteiger partial charge in [-0.1, -0.05) is 41.4 Å². The maximum atomic E-state index is 14.2. The molecule has 0 bridgehead atoms. The highest BCUT2D eigenvalue weighted by molar-refractivity contribution is 7.22. The number of hydrogen-bond donors (Lipinski definition) is 1. The molecular formula is C26H21FN2O3S. The molecule has 166 valence electrons. The molecule has 0 unspecified atom stereocenters. The average Bonchev–Trinajstić information content (AvgIpc) is 3.27. The molecule has 33 heavy (non-hydrogen) atoms. The van der Waals surface area contributed by atoms with Gasteiger partial charge in [0.15, 0.2) is 5.13 Å².